The largest absolute Gasteiger partial charge is 0.317 e. The van der Waals surface area contributed by atoms with E-state index in [4.69, 9.17) is 0 Å². The van der Waals surface area contributed by atoms with Crippen LogP contribution in [-0.4, -0.2) is 22.0 Å². The molecule has 0 aliphatic carbocycles. The molecule has 1 aromatic heterocycles. The standard InChI is InChI=1S/C19H17N3O3/c23-17(21-11-5-7-13-6-1-3-9-15(13)21)12-22-16-10-4-2-8-14(16)20-18(24)19(22)25/h1-4,6,8-10H,5,7,11-12H2,(H,20,24). The summed E-state index contributed by atoms with van der Waals surface area (Å²) in [5, 5.41) is 0. The number of hydrogen-bond acceptors (Lipinski definition) is 3. The zero-order valence-electron chi connectivity index (χ0n) is 13.6. The number of aromatic nitrogens is 2. The Bertz CT molecular complexity index is 1080. The van der Waals surface area contributed by atoms with Crippen LogP contribution >= 0.6 is 0 Å². The maximum Gasteiger partial charge on any atom is 0.317 e. The van der Waals surface area contributed by atoms with Crippen molar-refractivity contribution in [2.24, 2.45) is 0 Å². The van der Waals surface area contributed by atoms with Crippen LogP contribution in [0.1, 0.15) is 12.0 Å². The van der Waals surface area contributed by atoms with Gasteiger partial charge >= 0.3 is 11.1 Å². The molecule has 3 aromatic rings. The third kappa shape index (κ3) is 2.65. The SMILES string of the molecule is O=C(Cn1c(=O)c(=O)[nH]c2ccccc21)N1CCCc2ccccc21. The van der Waals surface area contributed by atoms with Gasteiger partial charge in [-0.05, 0) is 36.6 Å². The molecule has 1 aliphatic rings. The predicted molar refractivity (Wildman–Crippen MR) is 95.9 cm³/mol. The van der Waals surface area contributed by atoms with Gasteiger partial charge < -0.3 is 9.88 Å². The van der Waals surface area contributed by atoms with E-state index in [0.29, 0.717) is 17.6 Å². The number of hydrogen-bond donors (Lipinski definition) is 1. The van der Waals surface area contributed by atoms with Crippen molar-refractivity contribution in [3.05, 3.63) is 74.8 Å². The molecule has 0 atom stereocenters. The molecule has 0 fully saturated rings. The molecule has 0 spiro atoms. The summed E-state index contributed by atoms with van der Waals surface area (Å²) in [7, 11) is 0. The molecule has 1 N–H and O–H groups in total. The monoisotopic (exact) mass is 335 g/mol. The van der Waals surface area contributed by atoms with Crippen LogP contribution in [-0.2, 0) is 17.8 Å². The Hall–Kier alpha value is -3.15. The first-order valence-electron chi connectivity index (χ1n) is 8.25. The summed E-state index contributed by atoms with van der Waals surface area (Å²) in [5.41, 5.74) is 1.68. The Morgan fingerprint density at radius 1 is 1.04 bits per heavy atom. The molecule has 6 nitrogen and oxygen atoms in total. The smallest absolute Gasteiger partial charge is 0.316 e. The molecule has 6 heteroatoms. The molecular formula is C19H17N3O3. The third-order valence-electron chi connectivity index (χ3n) is 4.59. The van der Waals surface area contributed by atoms with Gasteiger partial charge in [-0.1, -0.05) is 30.3 Å². The van der Waals surface area contributed by atoms with E-state index >= 15 is 0 Å². The number of anilines is 1. The Labute approximate surface area is 143 Å². The van der Waals surface area contributed by atoms with E-state index in [1.165, 1.54) is 4.57 Å². The average Bonchev–Trinajstić information content (AvgIpc) is 2.64. The van der Waals surface area contributed by atoms with E-state index in [9.17, 15) is 14.4 Å². The quantitative estimate of drug-likeness (QED) is 0.724. The van der Waals surface area contributed by atoms with Crippen LogP contribution in [0.3, 0.4) is 0 Å². The number of aromatic amines is 1. The van der Waals surface area contributed by atoms with Gasteiger partial charge in [-0.3, -0.25) is 19.0 Å². The Morgan fingerprint density at radius 2 is 1.80 bits per heavy atom. The minimum atomic E-state index is -0.717. The van der Waals surface area contributed by atoms with Crippen molar-refractivity contribution in [1.82, 2.24) is 9.55 Å². The highest BCUT2D eigenvalue weighted by Gasteiger charge is 2.23. The van der Waals surface area contributed by atoms with E-state index in [-0.39, 0.29) is 12.5 Å². The number of carbonyl (C=O) groups is 1. The van der Waals surface area contributed by atoms with Crippen LogP contribution in [0.25, 0.3) is 11.0 Å². The first-order chi connectivity index (χ1) is 12.1. The zero-order chi connectivity index (χ0) is 17.4. The van der Waals surface area contributed by atoms with Gasteiger partial charge in [-0.15, -0.1) is 0 Å². The molecule has 126 valence electrons. The van der Waals surface area contributed by atoms with Gasteiger partial charge in [0.2, 0.25) is 5.91 Å². The summed E-state index contributed by atoms with van der Waals surface area (Å²) < 4.78 is 1.26. The lowest BCUT2D eigenvalue weighted by Gasteiger charge is -2.29. The predicted octanol–water partition coefficient (Wildman–Crippen LogP) is 1.67. The molecule has 2 heterocycles. The summed E-state index contributed by atoms with van der Waals surface area (Å²) in [4.78, 5) is 41.3. The third-order valence-corrected chi connectivity index (χ3v) is 4.59. The second kappa shape index (κ2) is 6.05. The number of carbonyl (C=O) groups excluding carboxylic acids is 1. The first-order valence-corrected chi connectivity index (χ1v) is 8.25. The molecule has 25 heavy (non-hydrogen) atoms. The van der Waals surface area contributed by atoms with Crippen LogP contribution in [0.4, 0.5) is 5.69 Å². The number of amides is 1. The number of fused-ring (bicyclic) bond motifs is 2. The van der Waals surface area contributed by atoms with Gasteiger partial charge in [0.25, 0.3) is 0 Å². The van der Waals surface area contributed by atoms with Crippen LogP contribution in [0.5, 0.6) is 0 Å². The van der Waals surface area contributed by atoms with Crippen LogP contribution < -0.4 is 16.0 Å². The molecular weight excluding hydrogens is 318 g/mol. The Balaban J connectivity index is 1.76. The van der Waals surface area contributed by atoms with E-state index in [1.807, 2.05) is 24.3 Å². The molecule has 4 rings (SSSR count). The van der Waals surface area contributed by atoms with Crippen molar-refractivity contribution >= 4 is 22.6 Å². The molecule has 0 radical (unpaired) electrons. The number of benzene rings is 2. The van der Waals surface area contributed by atoms with Crippen LogP contribution in [0.2, 0.25) is 0 Å². The van der Waals surface area contributed by atoms with E-state index in [2.05, 4.69) is 4.98 Å². The van der Waals surface area contributed by atoms with Crippen molar-refractivity contribution in [1.29, 1.82) is 0 Å². The molecule has 0 unspecified atom stereocenters. The molecule has 0 bridgehead atoms. The maximum atomic E-state index is 12.9. The lowest BCUT2D eigenvalue weighted by molar-refractivity contribution is -0.119. The second-order valence-electron chi connectivity index (χ2n) is 6.14. The number of nitrogens with zero attached hydrogens (tertiary/aromatic N) is 2. The molecule has 0 saturated carbocycles. The normalized spacial score (nSPS) is 13.7. The highest BCUT2D eigenvalue weighted by atomic mass is 16.2. The summed E-state index contributed by atoms with van der Waals surface area (Å²) in [6.45, 7) is 0.462. The fourth-order valence-corrected chi connectivity index (χ4v) is 3.39. The Kier molecular flexibility index (Phi) is 3.72. The second-order valence-corrected chi connectivity index (χ2v) is 6.14. The lowest BCUT2D eigenvalue weighted by Crippen LogP contribution is -2.43. The van der Waals surface area contributed by atoms with Crippen molar-refractivity contribution < 1.29 is 4.79 Å². The van der Waals surface area contributed by atoms with E-state index in [1.54, 1.807) is 29.2 Å². The fourth-order valence-electron chi connectivity index (χ4n) is 3.39. The molecule has 1 aliphatic heterocycles. The van der Waals surface area contributed by atoms with E-state index in [0.717, 1.165) is 24.1 Å². The summed E-state index contributed by atoms with van der Waals surface area (Å²) in [6, 6.07) is 14.8. The van der Waals surface area contributed by atoms with Gasteiger partial charge in [0.15, 0.2) is 0 Å². The zero-order valence-corrected chi connectivity index (χ0v) is 13.6. The summed E-state index contributed by atoms with van der Waals surface area (Å²) in [5.74, 6) is -0.190. The van der Waals surface area contributed by atoms with Crippen molar-refractivity contribution in [2.75, 3.05) is 11.4 Å². The number of aryl methyl sites for hydroxylation is 1. The fraction of sp³-hybridized carbons (Fsp3) is 0.211. The average molecular weight is 335 g/mol. The minimum absolute atomic E-state index is 0.155. The lowest BCUT2D eigenvalue weighted by atomic mass is 10.0. The Morgan fingerprint density at radius 3 is 2.68 bits per heavy atom. The highest BCUT2D eigenvalue weighted by Crippen LogP contribution is 2.26. The van der Waals surface area contributed by atoms with Crippen LogP contribution in [0.15, 0.2) is 58.1 Å². The van der Waals surface area contributed by atoms with Crippen molar-refractivity contribution in [2.45, 2.75) is 19.4 Å². The summed E-state index contributed by atoms with van der Waals surface area (Å²) in [6.07, 6.45) is 1.82. The first kappa shape index (κ1) is 15.4. The molecule has 2 aromatic carbocycles. The van der Waals surface area contributed by atoms with Gasteiger partial charge in [-0.25, -0.2) is 0 Å². The van der Waals surface area contributed by atoms with Gasteiger partial charge in [-0.2, -0.15) is 0 Å². The van der Waals surface area contributed by atoms with Gasteiger partial charge in [0, 0.05) is 12.2 Å². The number of H-pyrrole nitrogens is 1. The molecule has 0 saturated heterocycles. The summed E-state index contributed by atoms with van der Waals surface area (Å²) >= 11 is 0. The van der Waals surface area contributed by atoms with Crippen molar-refractivity contribution in [3.63, 3.8) is 0 Å². The van der Waals surface area contributed by atoms with Crippen LogP contribution in [0, 0.1) is 0 Å². The maximum absolute atomic E-state index is 12.9. The minimum Gasteiger partial charge on any atom is -0.316 e. The van der Waals surface area contributed by atoms with Gasteiger partial charge in [0.1, 0.15) is 6.54 Å². The number of nitrogens with one attached hydrogen (secondary N) is 1. The molecule has 1 amide bonds. The van der Waals surface area contributed by atoms with Gasteiger partial charge in [0.05, 0.1) is 11.0 Å². The number of para-hydroxylation sites is 3. The number of rotatable bonds is 2. The van der Waals surface area contributed by atoms with Crippen molar-refractivity contribution in [3.8, 4) is 0 Å². The topological polar surface area (TPSA) is 75.2 Å². The highest BCUT2D eigenvalue weighted by molar-refractivity contribution is 5.95. The van der Waals surface area contributed by atoms with E-state index < -0.39 is 11.1 Å².